The van der Waals surface area contributed by atoms with E-state index in [1.807, 2.05) is 39.0 Å². The molecule has 5 heteroatoms. The van der Waals surface area contributed by atoms with Gasteiger partial charge in [0.25, 0.3) is 0 Å². The van der Waals surface area contributed by atoms with Gasteiger partial charge in [0.15, 0.2) is 0 Å². The Kier molecular flexibility index (Phi) is 4.72. The zero-order valence-electron chi connectivity index (χ0n) is 13.6. The number of rotatable bonds is 3. The lowest BCUT2D eigenvalue weighted by Gasteiger charge is -2.41. The molecule has 0 radical (unpaired) electrons. The first kappa shape index (κ1) is 16.3. The Morgan fingerprint density at radius 2 is 2.14 bits per heavy atom. The smallest absolute Gasteiger partial charge is 0.410 e. The van der Waals surface area contributed by atoms with Crippen molar-refractivity contribution < 1.29 is 9.53 Å². The zero-order valence-corrected chi connectivity index (χ0v) is 13.6. The zero-order chi connectivity index (χ0) is 16.3. The maximum absolute atomic E-state index is 11.9. The molecule has 1 aliphatic rings. The third kappa shape index (κ3) is 4.22. The van der Waals surface area contributed by atoms with E-state index in [2.05, 4.69) is 18.3 Å². The average molecular weight is 301 g/mol. The van der Waals surface area contributed by atoms with Crippen molar-refractivity contribution in [2.75, 3.05) is 13.1 Å². The summed E-state index contributed by atoms with van der Waals surface area (Å²) in [7, 11) is 0. The van der Waals surface area contributed by atoms with Crippen LogP contribution < -0.4 is 5.32 Å². The van der Waals surface area contributed by atoms with Crippen molar-refractivity contribution in [1.29, 1.82) is 5.26 Å². The van der Waals surface area contributed by atoms with Crippen LogP contribution in [0.5, 0.6) is 0 Å². The molecule has 0 spiro atoms. The van der Waals surface area contributed by atoms with Gasteiger partial charge in [-0.2, -0.15) is 5.26 Å². The summed E-state index contributed by atoms with van der Waals surface area (Å²) in [6.45, 7) is 8.96. The fourth-order valence-corrected chi connectivity index (χ4v) is 2.39. The van der Waals surface area contributed by atoms with Crippen molar-refractivity contribution in [2.24, 2.45) is 0 Å². The number of benzene rings is 1. The van der Waals surface area contributed by atoms with E-state index in [9.17, 15) is 4.79 Å². The van der Waals surface area contributed by atoms with Crippen LogP contribution in [0.4, 0.5) is 4.79 Å². The summed E-state index contributed by atoms with van der Waals surface area (Å²) in [6.07, 6.45) is -0.260. The molecule has 1 aromatic carbocycles. The summed E-state index contributed by atoms with van der Waals surface area (Å²) in [5, 5.41) is 12.4. The third-order valence-corrected chi connectivity index (χ3v) is 3.53. The molecule has 0 aromatic heterocycles. The minimum atomic E-state index is -0.458. The summed E-state index contributed by atoms with van der Waals surface area (Å²) in [5.74, 6) is 0. The van der Waals surface area contributed by atoms with E-state index in [-0.39, 0.29) is 18.2 Å². The van der Waals surface area contributed by atoms with Gasteiger partial charge >= 0.3 is 6.09 Å². The normalized spacial score (nSPS) is 16.6. The molecule has 1 amide bonds. The number of nitrogens with zero attached hydrogens (tertiary/aromatic N) is 2. The molecule has 5 nitrogen and oxygen atoms in total. The molecule has 0 aliphatic carbocycles. The van der Waals surface area contributed by atoms with Gasteiger partial charge in [0.05, 0.1) is 11.6 Å². The number of amides is 1. The lowest BCUT2D eigenvalue weighted by atomic mass is 10.0. The Labute approximate surface area is 131 Å². The number of hydrogen-bond donors (Lipinski definition) is 1. The number of likely N-dealkylation sites (tertiary alicyclic amines) is 1. The highest BCUT2D eigenvalue weighted by molar-refractivity contribution is 5.69. The van der Waals surface area contributed by atoms with Crippen LogP contribution in [0.15, 0.2) is 24.3 Å². The second-order valence-electron chi connectivity index (χ2n) is 6.71. The minimum absolute atomic E-state index is 0.138. The van der Waals surface area contributed by atoms with Gasteiger partial charge in [-0.1, -0.05) is 12.1 Å². The van der Waals surface area contributed by atoms with Gasteiger partial charge in [0, 0.05) is 25.2 Å². The van der Waals surface area contributed by atoms with E-state index in [1.54, 1.807) is 11.0 Å². The number of carbonyl (C=O) groups excluding carboxylic acids is 1. The van der Waals surface area contributed by atoms with Gasteiger partial charge in [0.1, 0.15) is 5.60 Å². The van der Waals surface area contributed by atoms with Gasteiger partial charge in [-0.3, -0.25) is 0 Å². The number of ether oxygens (including phenoxy) is 1. The lowest BCUT2D eigenvalue weighted by molar-refractivity contribution is 0.00434. The molecule has 22 heavy (non-hydrogen) atoms. The Morgan fingerprint density at radius 1 is 1.45 bits per heavy atom. The van der Waals surface area contributed by atoms with Crippen molar-refractivity contribution in [1.82, 2.24) is 10.2 Å². The van der Waals surface area contributed by atoms with Crippen molar-refractivity contribution in [3.8, 4) is 6.07 Å². The minimum Gasteiger partial charge on any atom is -0.444 e. The van der Waals surface area contributed by atoms with Crippen molar-refractivity contribution in [3.05, 3.63) is 35.4 Å². The molecule has 1 heterocycles. The summed E-state index contributed by atoms with van der Waals surface area (Å²) in [4.78, 5) is 13.6. The third-order valence-electron chi connectivity index (χ3n) is 3.53. The van der Waals surface area contributed by atoms with E-state index in [0.717, 1.165) is 5.56 Å². The van der Waals surface area contributed by atoms with Crippen LogP contribution in [0.2, 0.25) is 0 Å². The van der Waals surface area contributed by atoms with Crippen LogP contribution in [0.3, 0.4) is 0 Å². The molecule has 1 aromatic rings. The first-order valence-corrected chi connectivity index (χ1v) is 7.52. The monoisotopic (exact) mass is 301 g/mol. The van der Waals surface area contributed by atoms with Gasteiger partial charge < -0.3 is 15.0 Å². The fraction of sp³-hybridized carbons (Fsp3) is 0.529. The molecule has 0 saturated carbocycles. The molecule has 1 fully saturated rings. The van der Waals surface area contributed by atoms with E-state index in [0.29, 0.717) is 18.7 Å². The Bertz CT molecular complexity index is 580. The number of carbonyl (C=O) groups is 1. The first-order valence-electron chi connectivity index (χ1n) is 7.52. The molecule has 1 atom stereocenters. The SMILES string of the molecule is CC(NC1CN(C(=O)OC(C)(C)C)C1)c1cccc(C#N)c1. The molecular formula is C17H23N3O2. The van der Waals surface area contributed by atoms with Crippen LogP contribution >= 0.6 is 0 Å². The predicted molar refractivity (Wildman–Crippen MR) is 84.3 cm³/mol. The second kappa shape index (κ2) is 6.37. The molecule has 1 unspecified atom stereocenters. The van der Waals surface area contributed by atoms with Crippen LogP contribution in [0.25, 0.3) is 0 Å². The maximum Gasteiger partial charge on any atom is 0.410 e. The Morgan fingerprint density at radius 3 is 2.73 bits per heavy atom. The van der Waals surface area contributed by atoms with E-state index in [4.69, 9.17) is 10.00 Å². The summed E-state index contributed by atoms with van der Waals surface area (Å²) < 4.78 is 5.33. The average Bonchev–Trinajstić information content (AvgIpc) is 2.40. The van der Waals surface area contributed by atoms with Gasteiger partial charge in [-0.25, -0.2) is 4.79 Å². The lowest BCUT2D eigenvalue weighted by Crippen LogP contribution is -2.60. The molecule has 118 valence electrons. The van der Waals surface area contributed by atoms with Crippen LogP contribution in [-0.2, 0) is 4.74 Å². The number of nitriles is 1. The van der Waals surface area contributed by atoms with Crippen LogP contribution in [0.1, 0.15) is 44.9 Å². The van der Waals surface area contributed by atoms with Crippen LogP contribution in [-0.4, -0.2) is 35.7 Å². The van der Waals surface area contributed by atoms with Crippen LogP contribution in [0, 0.1) is 11.3 Å². The molecule has 2 rings (SSSR count). The molecule has 1 N–H and O–H groups in total. The second-order valence-corrected chi connectivity index (χ2v) is 6.71. The van der Waals surface area contributed by atoms with Gasteiger partial charge in [-0.15, -0.1) is 0 Å². The highest BCUT2D eigenvalue weighted by Gasteiger charge is 2.34. The van der Waals surface area contributed by atoms with Gasteiger partial charge in [-0.05, 0) is 45.4 Å². The molecular weight excluding hydrogens is 278 g/mol. The summed E-state index contributed by atoms with van der Waals surface area (Å²) >= 11 is 0. The number of hydrogen-bond acceptors (Lipinski definition) is 4. The Balaban J connectivity index is 1.82. The largest absolute Gasteiger partial charge is 0.444 e. The fourth-order valence-electron chi connectivity index (χ4n) is 2.39. The Hall–Kier alpha value is -2.06. The standard InChI is InChI=1S/C17H23N3O2/c1-12(14-7-5-6-13(8-14)9-18)19-15-10-20(11-15)16(21)22-17(2,3)4/h5-8,12,15,19H,10-11H2,1-4H3. The highest BCUT2D eigenvalue weighted by Crippen LogP contribution is 2.19. The summed E-state index contributed by atoms with van der Waals surface area (Å²) in [5.41, 5.74) is 1.28. The topological polar surface area (TPSA) is 65.4 Å². The predicted octanol–water partition coefficient (Wildman–Crippen LogP) is 2.83. The first-order chi connectivity index (χ1) is 10.3. The van der Waals surface area contributed by atoms with Gasteiger partial charge in [0.2, 0.25) is 0 Å². The summed E-state index contributed by atoms with van der Waals surface area (Å²) in [6, 6.07) is 10.1. The van der Waals surface area contributed by atoms with Crippen molar-refractivity contribution >= 4 is 6.09 Å². The van der Waals surface area contributed by atoms with E-state index < -0.39 is 5.60 Å². The number of nitrogens with one attached hydrogen (secondary N) is 1. The molecule has 1 aliphatic heterocycles. The quantitative estimate of drug-likeness (QED) is 0.932. The molecule has 1 saturated heterocycles. The maximum atomic E-state index is 11.9. The van der Waals surface area contributed by atoms with Crippen molar-refractivity contribution in [2.45, 2.75) is 45.4 Å². The highest BCUT2D eigenvalue weighted by atomic mass is 16.6. The van der Waals surface area contributed by atoms with E-state index >= 15 is 0 Å². The molecule has 0 bridgehead atoms. The van der Waals surface area contributed by atoms with Crippen molar-refractivity contribution in [3.63, 3.8) is 0 Å². The van der Waals surface area contributed by atoms with E-state index in [1.165, 1.54) is 0 Å².